The number of aromatic nitrogens is 6. The van der Waals surface area contributed by atoms with E-state index in [0.29, 0.717) is 23.1 Å². The van der Waals surface area contributed by atoms with Crippen molar-refractivity contribution < 1.29 is 4.79 Å². The van der Waals surface area contributed by atoms with Crippen LogP contribution < -0.4 is 5.32 Å². The van der Waals surface area contributed by atoms with Gasteiger partial charge in [-0.2, -0.15) is 0 Å². The largest absolute Gasteiger partial charge is 0.346 e. The van der Waals surface area contributed by atoms with Crippen molar-refractivity contribution in [1.29, 1.82) is 0 Å². The normalized spacial score (nSPS) is 16.6. The molecule has 0 spiro atoms. The number of fused-ring (bicyclic) bond motifs is 1. The van der Waals surface area contributed by atoms with Gasteiger partial charge in [0.15, 0.2) is 10.8 Å². The molecule has 8 nitrogen and oxygen atoms in total. The first kappa shape index (κ1) is 14.9. The van der Waals surface area contributed by atoms with Crippen LogP contribution in [0.15, 0.2) is 23.8 Å². The fourth-order valence-electron chi connectivity index (χ4n) is 2.73. The molecular weight excluding hydrogens is 326 g/mol. The minimum absolute atomic E-state index is 0.0535. The zero-order valence-electron chi connectivity index (χ0n) is 13.0. The van der Waals surface area contributed by atoms with Gasteiger partial charge < -0.3 is 9.88 Å². The number of nitrogens with zero attached hydrogens (tertiary/aromatic N) is 6. The van der Waals surface area contributed by atoms with Crippen LogP contribution in [0, 0.1) is 6.92 Å². The molecule has 0 saturated carbocycles. The van der Waals surface area contributed by atoms with Crippen LogP contribution in [0.3, 0.4) is 0 Å². The third-order valence-corrected chi connectivity index (χ3v) is 4.80. The quantitative estimate of drug-likeness (QED) is 0.770. The van der Waals surface area contributed by atoms with Crippen LogP contribution >= 0.6 is 11.3 Å². The van der Waals surface area contributed by atoms with Gasteiger partial charge in [-0.25, -0.2) is 15.0 Å². The molecule has 0 radical (unpaired) electrons. The highest BCUT2D eigenvalue weighted by Crippen LogP contribution is 2.20. The number of amides is 1. The van der Waals surface area contributed by atoms with Crippen molar-refractivity contribution in [2.45, 2.75) is 32.4 Å². The molecule has 1 N–H and O–H groups in total. The molecule has 122 valence electrons. The Balaban J connectivity index is 1.46. The van der Waals surface area contributed by atoms with E-state index in [1.807, 2.05) is 6.92 Å². The molecule has 1 amide bonds. The monoisotopic (exact) mass is 341 g/mol. The number of aryl methyl sites for hydroxylation is 2. The molecule has 0 aromatic carbocycles. The summed E-state index contributed by atoms with van der Waals surface area (Å²) in [6.45, 7) is 2.62. The highest BCUT2D eigenvalue weighted by molar-refractivity contribution is 7.13. The third kappa shape index (κ3) is 2.78. The van der Waals surface area contributed by atoms with Gasteiger partial charge in [-0.05, 0) is 19.4 Å². The van der Waals surface area contributed by atoms with E-state index >= 15 is 0 Å². The predicted octanol–water partition coefficient (Wildman–Crippen LogP) is 1.24. The Morgan fingerprint density at radius 3 is 3.00 bits per heavy atom. The van der Waals surface area contributed by atoms with E-state index in [-0.39, 0.29) is 11.9 Å². The average molecular weight is 341 g/mol. The van der Waals surface area contributed by atoms with E-state index in [1.165, 1.54) is 11.3 Å². The molecular formula is C15H15N7OS. The summed E-state index contributed by atoms with van der Waals surface area (Å²) in [5, 5.41) is 13.6. The lowest BCUT2D eigenvalue weighted by Gasteiger charge is -2.24. The second-order valence-corrected chi connectivity index (χ2v) is 6.45. The summed E-state index contributed by atoms with van der Waals surface area (Å²) in [6.07, 6.45) is 4.98. The Kier molecular flexibility index (Phi) is 3.77. The van der Waals surface area contributed by atoms with Crippen LogP contribution in [0.1, 0.15) is 28.6 Å². The highest BCUT2D eigenvalue weighted by Gasteiger charge is 2.24. The van der Waals surface area contributed by atoms with Crippen molar-refractivity contribution in [3.05, 3.63) is 41.2 Å². The minimum Gasteiger partial charge on any atom is -0.346 e. The Bertz CT molecular complexity index is 873. The Morgan fingerprint density at radius 2 is 2.17 bits per heavy atom. The van der Waals surface area contributed by atoms with E-state index < -0.39 is 0 Å². The molecule has 3 aromatic rings. The fraction of sp³-hybridized carbons (Fsp3) is 0.333. The molecule has 0 aliphatic carbocycles. The van der Waals surface area contributed by atoms with Gasteiger partial charge >= 0.3 is 0 Å². The summed E-state index contributed by atoms with van der Waals surface area (Å²) in [4.78, 5) is 25.1. The van der Waals surface area contributed by atoms with Gasteiger partial charge in [-0.1, -0.05) is 0 Å². The predicted molar refractivity (Wildman–Crippen MR) is 87.5 cm³/mol. The van der Waals surface area contributed by atoms with Crippen LogP contribution in [0.2, 0.25) is 0 Å². The molecule has 4 rings (SSSR count). The van der Waals surface area contributed by atoms with Crippen LogP contribution in [0.5, 0.6) is 0 Å². The molecule has 24 heavy (non-hydrogen) atoms. The molecule has 0 unspecified atom stereocenters. The zero-order valence-corrected chi connectivity index (χ0v) is 13.8. The summed E-state index contributed by atoms with van der Waals surface area (Å²) in [5.41, 5.74) is 0.397. The van der Waals surface area contributed by atoms with Gasteiger partial charge in [0.25, 0.3) is 5.91 Å². The van der Waals surface area contributed by atoms with E-state index in [0.717, 1.165) is 24.5 Å². The molecule has 4 heterocycles. The molecule has 1 atom stereocenters. The minimum atomic E-state index is -0.174. The molecule has 1 aliphatic heterocycles. The second kappa shape index (κ2) is 6.08. The Labute approximate surface area is 142 Å². The molecule has 9 heteroatoms. The van der Waals surface area contributed by atoms with Crippen LogP contribution in [0.4, 0.5) is 0 Å². The average Bonchev–Trinajstić information content (AvgIpc) is 3.24. The van der Waals surface area contributed by atoms with Crippen LogP contribution in [-0.2, 0) is 13.0 Å². The van der Waals surface area contributed by atoms with E-state index in [4.69, 9.17) is 0 Å². The maximum absolute atomic E-state index is 12.4. The van der Waals surface area contributed by atoms with Crippen molar-refractivity contribution in [3.63, 3.8) is 0 Å². The number of carbonyl (C=O) groups excluding carboxylic acids is 1. The van der Waals surface area contributed by atoms with E-state index in [1.54, 1.807) is 23.8 Å². The van der Waals surface area contributed by atoms with Gasteiger partial charge in [0.05, 0.1) is 0 Å². The van der Waals surface area contributed by atoms with Crippen molar-refractivity contribution >= 4 is 17.2 Å². The third-order valence-electron chi connectivity index (χ3n) is 3.96. The second-order valence-electron chi connectivity index (χ2n) is 5.59. The van der Waals surface area contributed by atoms with E-state index in [2.05, 4.69) is 35.0 Å². The summed E-state index contributed by atoms with van der Waals surface area (Å²) < 4.78 is 2.05. The van der Waals surface area contributed by atoms with Crippen molar-refractivity contribution in [2.24, 2.45) is 0 Å². The molecule has 3 aromatic heterocycles. The zero-order chi connectivity index (χ0) is 16.5. The number of hydrogen-bond acceptors (Lipinski definition) is 7. The first-order valence-corrected chi connectivity index (χ1v) is 8.51. The van der Waals surface area contributed by atoms with Crippen molar-refractivity contribution in [1.82, 2.24) is 35.0 Å². The summed E-state index contributed by atoms with van der Waals surface area (Å²) >= 11 is 1.36. The van der Waals surface area contributed by atoms with Gasteiger partial charge in [-0.3, -0.25) is 4.79 Å². The maximum atomic E-state index is 12.4. The van der Waals surface area contributed by atoms with Crippen molar-refractivity contribution in [3.8, 4) is 10.8 Å². The highest BCUT2D eigenvalue weighted by atomic mass is 32.1. The SMILES string of the molecule is Cc1nnc2n1C[C@@H](NC(=O)c1csc(-c3ncccn3)n1)CC2. The molecule has 0 saturated heterocycles. The van der Waals surface area contributed by atoms with Gasteiger partial charge in [0.2, 0.25) is 0 Å². The standard InChI is InChI=1S/C15H15N7OS/c1-9-20-21-12-4-3-10(7-22(9)12)18-14(23)11-8-24-15(19-11)13-16-5-2-6-17-13/h2,5-6,8,10H,3-4,7H2,1H3,(H,18,23)/t10-/m0/s1. The van der Waals surface area contributed by atoms with Gasteiger partial charge in [0, 0.05) is 36.8 Å². The van der Waals surface area contributed by atoms with Crippen molar-refractivity contribution in [2.75, 3.05) is 0 Å². The summed E-state index contributed by atoms with van der Waals surface area (Å²) in [5.74, 6) is 2.22. The van der Waals surface area contributed by atoms with Gasteiger partial charge in [-0.15, -0.1) is 21.5 Å². The lowest BCUT2D eigenvalue weighted by molar-refractivity contribution is 0.0923. The molecule has 0 fully saturated rings. The number of nitrogens with one attached hydrogen (secondary N) is 1. The lowest BCUT2D eigenvalue weighted by atomic mass is 10.1. The topological polar surface area (TPSA) is 98.5 Å². The number of thiazole rings is 1. The molecule has 0 bridgehead atoms. The summed E-state index contributed by atoms with van der Waals surface area (Å²) in [7, 11) is 0. The first-order chi connectivity index (χ1) is 11.7. The first-order valence-electron chi connectivity index (χ1n) is 7.63. The number of carbonyl (C=O) groups is 1. The fourth-order valence-corrected chi connectivity index (χ4v) is 3.47. The Morgan fingerprint density at radius 1 is 1.33 bits per heavy atom. The number of hydrogen-bond donors (Lipinski definition) is 1. The van der Waals surface area contributed by atoms with Crippen LogP contribution in [0.25, 0.3) is 10.8 Å². The maximum Gasteiger partial charge on any atom is 0.271 e. The summed E-state index contributed by atoms with van der Waals surface area (Å²) in [6, 6.07) is 1.80. The smallest absolute Gasteiger partial charge is 0.271 e. The van der Waals surface area contributed by atoms with E-state index in [9.17, 15) is 4.79 Å². The Hall–Kier alpha value is -2.68. The number of rotatable bonds is 3. The molecule has 1 aliphatic rings. The lowest BCUT2D eigenvalue weighted by Crippen LogP contribution is -2.41. The van der Waals surface area contributed by atoms with Gasteiger partial charge in [0.1, 0.15) is 17.3 Å². The van der Waals surface area contributed by atoms with Crippen LogP contribution in [-0.4, -0.2) is 41.7 Å².